The molecule has 0 saturated heterocycles. The first-order chi connectivity index (χ1) is 16.4. The molecule has 34 heavy (non-hydrogen) atoms. The van der Waals surface area contributed by atoms with Crippen molar-refractivity contribution in [3.63, 3.8) is 0 Å². The second-order valence-electron chi connectivity index (χ2n) is 6.66. The van der Waals surface area contributed by atoms with Crippen molar-refractivity contribution in [2.45, 2.75) is 6.92 Å². The zero-order valence-corrected chi connectivity index (χ0v) is 19.6. The highest BCUT2D eigenvalue weighted by Gasteiger charge is 2.24. The molecule has 0 fully saturated rings. The molecule has 1 amide bonds. The maximum Gasteiger partial charge on any atom is 0.344 e. The van der Waals surface area contributed by atoms with Gasteiger partial charge >= 0.3 is 11.9 Å². The summed E-state index contributed by atoms with van der Waals surface area (Å²) in [6.07, 6.45) is 0. The van der Waals surface area contributed by atoms with Crippen molar-refractivity contribution in [3.05, 3.63) is 70.1 Å². The third-order valence-corrected chi connectivity index (χ3v) is 5.63. The maximum absolute atomic E-state index is 12.6. The first kappa shape index (κ1) is 24.8. The number of nitriles is 1. The number of esters is 2. The van der Waals surface area contributed by atoms with Crippen molar-refractivity contribution in [1.29, 1.82) is 5.26 Å². The number of para-hydroxylation sites is 1. The topological polar surface area (TPSA) is 115 Å². The first-order valence-electron chi connectivity index (χ1n) is 10.1. The summed E-state index contributed by atoms with van der Waals surface area (Å²) in [5.74, 6) is -1.83. The highest BCUT2D eigenvalue weighted by Crippen LogP contribution is 2.39. The van der Waals surface area contributed by atoms with Crippen molar-refractivity contribution in [3.8, 4) is 22.9 Å². The highest BCUT2D eigenvalue weighted by molar-refractivity contribution is 7.15. The second kappa shape index (κ2) is 11.8. The van der Waals surface area contributed by atoms with E-state index in [1.54, 1.807) is 60.8 Å². The van der Waals surface area contributed by atoms with E-state index in [2.05, 4.69) is 5.32 Å². The molecule has 1 N–H and O–H groups in total. The van der Waals surface area contributed by atoms with Crippen molar-refractivity contribution >= 4 is 45.8 Å². The fourth-order valence-electron chi connectivity index (χ4n) is 2.91. The van der Waals surface area contributed by atoms with Gasteiger partial charge in [0.15, 0.2) is 13.2 Å². The third kappa shape index (κ3) is 6.13. The van der Waals surface area contributed by atoms with E-state index >= 15 is 0 Å². The number of benzene rings is 2. The molecule has 3 rings (SSSR count). The minimum Gasteiger partial charge on any atom is -0.481 e. The van der Waals surface area contributed by atoms with Gasteiger partial charge in [0, 0.05) is 21.5 Å². The van der Waals surface area contributed by atoms with Crippen molar-refractivity contribution in [2.75, 3.05) is 25.1 Å². The number of halogens is 1. The highest BCUT2D eigenvalue weighted by atomic mass is 35.5. The second-order valence-corrected chi connectivity index (χ2v) is 7.95. The monoisotopic (exact) mass is 498 g/mol. The summed E-state index contributed by atoms with van der Waals surface area (Å²) in [4.78, 5) is 37.0. The van der Waals surface area contributed by atoms with Gasteiger partial charge in [0.2, 0.25) is 0 Å². The molecule has 0 unspecified atom stereocenters. The summed E-state index contributed by atoms with van der Waals surface area (Å²) in [6, 6.07) is 15.4. The number of carbonyl (C=O) groups is 3. The maximum atomic E-state index is 12.6. The molecular formula is C24H19ClN2O6S. The predicted molar refractivity (Wildman–Crippen MR) is 127 cm³/mol. The fourth-order valence-corrected chi connectivity index (χ4v) is 4.11. The SMILES string of the molecule is CCOC(=O)c1c(-c2ccccc2Cl)csc1NC(=O)COC(=O)COc1ccccc1C#N. The Morgan fingerprint density at radius 3 is 2.50 bits per heavy atom. The summed E-state index contributed by atoms with van der Waals surface area (Å²) < 4.78 is 15.4. The van der Waals surface area contributed by atoms with Crippen LogP contribution in [0.25, 0.3) is 11.1 Å². The Morgan fingerprint density at radius 1 is 1.03 bits per heavy atom. The summed E-state index contributed by atoms with van der Waals surface area (Å²) in [5, 5.41) is 14.0. The summed E-state index contributed by atoms with van der Waals surface area (Å²) >= 11 is 7.40. The quantitative estimate of drug-likeness (QED) is 0.426. The molecule has 10 heteroatoms. The van der Waals surface area contributed by atoms with Gasteiger partial charge in [-0.05, 0) is 25.1 Å². The lowest BCUT2D eigenvalue weighted by molar-refractivity contribution is -0.149. The van der Waals surface area contributed by atoms with Crippen LogP contribution in [0.3, 0.4) is 0 Å². The minimum atomic E-state index is -0.795. The van der Waals surface area contributed by atoms with Gasteiger partial charge < -0.3 is 19.5 Å². The number of ether oxygens (including phenoxy) is 3. The Labute approximate surface area is 204 Å². The first-order valence-corrected chi connectivity index (χ1v) is 11.3. The smallest absolute Gasteiger partial charge is 0.344 e. The summed E-state index contributed by atoms with van der Waals surface area (Å²) in [6.45, 7) is 0.754. The molecule has 0 saturated carbocycles. The lowest BCUT2D eigenvalue weighted by Gasteiger charge is -2.10. The molecule has 8 nitrogen and oxygen atoms in total. The molecular weight excluding hydrogens is 480 g/mol. The third-order valence-electron chi connectivity index (χ3n) is 4.40. The molecule has 2 aromatic carbocycles. The Hall–Kier alpha value is -3.87. The average Bonchev–Trinajstić information content (AvgIpc) is 3.25. The van der Waals surface area contributed by atoms with Crippen molar-refractivity contribution < 1.29 is 28.6 Å². The van der Waals surface area contributed by atoms with Gasteiger partial charge in [-0.15, -0.1) is 11.3 Å². The molecule has 3 aromatic rings. The number of carbonyl (C=O) groups excluding carboxylic acids is 3. The van der Waals surface area contributed by atoms with Crippen LogP contribution >= 0.6 is 22.9 Å². The molecule has 174 valence electrons. The Bertz CT molecular complexity index is 1250. The van der Waals surface area contributed by atoms with E-state index in [1.165, 1.54) is 0 Å². The molecule has 0 atom stereocenters. The minimum absolute atomic E-state index is 0.149. The molecule has 0 bridgehead atoms. The lowest BCUT2D eigenvalue weighted by Crippen LogP contribution is -2.24. The lowest BCUT2D eigenvalue weighted by atomic mass is 10.0. The number of nitrogens with one attached hydrogen (secondary N) is 1. The molecule has 0 aliphatic heterocycles. The average molecular weight is 499 g/mol. The standard InChI is InChI=1S/C24H19ClN2O6S/c1-2-31-24(30)22-17(16-8-4-5-9-18(16)25)14-34-23(22)27-20(28)12-33-21(29)13-32-19-10-6-3-7-15(19)11-26/h3-10,14H,2,12-13H2,1H3,(H,27,28). The van der Waals surface area contributed by atoms with Gasteiger partial charge in [0.25, 0.3) is 5.91 Å². The van der Waals surface area contributed by atoms with E-state index in [0.717, 1.165) is 11.3 Å². The van der Waals surface area contributed by atoms with Crippen LogP contribution in [0, 0.1) is 11.3 Å². The van der Waals surface area contributed by atoms with E-state index in [0.29, 0.717) is 16.1 Å². The number of anilines is 1. The van der Waals surface area contributed by atoms with Crippen molar-refractivity contribution in [2.24, 2.45) is 0 Å². The van der Waals surface area contributed by atoms with Gasteiger partial charge in [-0.1, -0.05) is 41.9 Å². The number of nitrogens with zero attached hydrogens (tertiary/aromatic N) is 1. The van der Waals surface area contributed by atoms with Gasteiger partial charge in [-0.3, -0.25) is 4.79 Å². The number of hydrogen-bond donors (Lipinski definition) is 1. The van der Waals surface area contributed by atoms with E-state index in [-0.39, 0.29) is 28.5 Å². The molecule has 0 aliphatic rings. The summed E-state index contributed by atoms with van der Waals surface area (Å²) in [5.41, 5.74) is 1.57. The number of thiophene rings is 1. The fraction of sp³-hybridized carbons (Fsp3) is 0.167. The van der Waals surface area contributed by atoms with Gasteiger partial charge in [0.05, 0.1) is 12.2 Å². The zero-order chi connectivity index (χ0) is 24.5. The normalized spacial score (nSPS) is 10.1. The van der Waals surface area contributed by atoms with Gasteiger partial charge in [-0.25, -0.2) is 9.59 Å². The molecule has 0 aliphatic carbocycles. The van der Waals surface area contributed by atoms with Crippen LogP contribution in [0.1, 0.15) is 22.8 Å². The Balaban J connectivity index is 1.65. The molecule has 0 spiro atoms. The Kier molecular flexibility index (Phi) is 8.62. The number of hydrogen-bond acceptors (Lipinski definition) is 8. The number of rotatable bonds is 9. The van der Waals surface area contributed by atoms with Crippen LogP contribution in [0.2, 0.25) is 5.02 Å². The van der Waals surface area contributed by atoms with Gasteiger partial charge in [-0.2, -0.15) is 5.26 Å². The van der Waals surface area contributed by atoms with Crippen LogP contribution in [-0.2, 0) is 19.1 Å². The van der Waals surface area contributed by atoms with Crippen LogP contribution in [0.4, 0.5) is 5.00 Å². The molecule has 1 heterocycles. The van der Waals surface area contributed by atoms with E-state index in [1.807, 2.05) is 6.07 Å². The van der Waals surface area contributed by atoms with E-state index in [4.69, 9.17) is 31.1 Å². The summed E-state index contributed by atoms with van der Waals surface area (Å²) in [7, 11) is 0. The Morgan fingerprint density at radius 2 is 1.76 bits per heavy atom. The number of amides is 1. The van der Waals surface area contributed by atoms with Crippen LogP contribution in [0.15, 0.2) is 53.9 Å². The van der Waals surface area contributed by atoms with E-state index < -0.39 is 31.1 Å². The van der Waals surface area contributed by atoms with E-state index in [9.17, 15) is 14.4 Å². The largest absolute Gasteiger partial charge is 0.481 e. The van der Waals surface area contributed by atoms with Gasteiger partial charge in [0.1, 0.15) is 22.4 Å². The zero-order valence-electron chi connectivity index (χ0n) is 18.0. The van der Waals surface area contributed by atoms with Crippen LogP contribution < -0.4 is 10.1 Å². The van der Waals surface area contributed by atoms with Crippen LogP contribution in [0.5, 0.6) is 5.75 Å². The molecule has 0 radical (unpaired) electrons. The van der Waals surface area contributed by atoms with Crippen LogP contribution in [-0.4, -0.2) is 37.7 Å². The van der Waals surface area contributed by atoms with Crippen molar-refractivity contribution in [1.82, 2.24) is 0 Å². The molecule has 1 aromatic heterocycles. The predicted octanol–water partition coefficient (Wildman–Crippen LogP) is 4.68.